The highest BCUT2D eigenvalue weighted by Crippen LogP contribution is 2.29. The molecule has 1 atom stereocenters. The van der Waals surface area contributed by atoms with E-state index in [-0.39, 0.29) is 10.8 Å². The van der Waals surface area contributed by atoms with Crippen molar-refractivity contribution >= 4 is 21.6 Å². The molecule has 1 unspecified atom stereocenters. The topological polar surface area (TPSA) is 92.5 Å². The van der Waals surface area contributed by atoms with Crippen LogP contribution >= 0.6 is 0 Å². The van der Waals surface area contributed by atoms with Crippen molar-refractivity contribution in [3.8, 4) is 0 Å². The zero-order valence-electron chi connectivity index (χ0n) is 15.4. The third-order valence-electron chi connectivity index (χ3n) is 4.97. The van der Waals surface area contributed by atoms with Crippen molar-refractivity contribution in [3.63, 3.8) is 0 Å². The average molecular weight is 388 g/mol. The summed E-state index contributed by atoms with van der Waals surface area (Å²) in [5, 5.41) is 8.04. The molecule has 0 aliphatic carbocycles. The second kappa shape index (κ2) is 8.10. The van der Waals surface area contributed by atoms with Gasteiger partial charge in [0.1, 0.15) is 0 Å². The average Bonchev–Trinajstić information content (AvgIpc) is 2.64. The number of primary sulfonamides is 1. The maximum absolute atomic E-state index is 12.4. The molecule has 2 aromatic carbocycles. The fourth-order valence-electron chi connectivity index (χ4n) is 3.40. The number of aryl methyl sites for hydroxylation is 1. The van der Waals surface area contributed by atoms with E-state index in [9.17, 15) is 13.2 Å². The van der Waals surface area contributed by atoms with Crippen LogP contribution in [0.3, 0.4) is 0 Å². The number of hydrogen-bond donors (Lipinski definition) is 2. The molecule has 1 heterocycles. The molecular weight excluding hydrogens is 362 g/mol. The second-order valence-electron chi connectivity index (χ2n) is 6.93. The Morgan fingerprint density at radius 3 is 2.59 bits per heavy atom. The van der Waals surface area contributed by atoms with Gasteiger partial charge in [-0.1, -0.05) is 30.3 Å². The van der Waals surface area contributed by atoms with Crippen LogP contribution in [0.15, 0.2) is 53.4 Å². The summed E-state index contributed by atoms with van der Waals surface area (Å²) >= 11 is 0. The first kappa shape index (κ1) is 19.4. The molecule has 0 saturated heterocycles. The lowest BCUT2D eigenvalue weighted by Crippen LogP contribution is -2.44. The van der Waals surface area contributed by atoms with E-state index in [1.807, 2.05) is 12.1 Å². The monoisotopic (exact) mass is 387 g/mol. The van der Waals surface area contributed by atoms with Crippen molar-refractivity contribution in [2.45, 2.75) is 37.1 Å². The molecule has 27 heavy (non-hydrogen) atoms. The number of fused-ring (bicyclic) bond motifs is 1. The van der Waals surface area contributed by atoms with Crippen LogP contribution in [0.2, 0.25) is 0 Å². The van der Waals surface area contributed by atoms with Crippen molar-refractivity contribution in [2.24, 2.45) is 5.14 Å². The lowest BCUT2D eigenvalue weighted by Gasteiger charge is -2.36. The molecule has 0 spiro atoms. The maximum Gasteiger partial charge on any atom is 0.239 e. The number of hydrogen-bond acceptors (Lipinski definition) is 4. The normalized spacial score (nSPS) is 16.7. The number of nitrogens with one attached hydrogen (secondary N) is 1. The second-order valence-corrected chi connectivity index (χ2v) is 8.49. The van der Waals surface area contributed by atoms with E-state index in [1.54, 1.807) is 12.1 Å². The fraction of sp³-hybridized carbons (Fsp3) is 0.350. The van der Waals surface area contributed by atoms with E-state index >= 15 is 0 Å². The molecule has 0 bridgehead atoms. The van der Waals surface area contributed by atoms with Crippen molar-refractivity contribution in [2.75, 3.05) is 18.0 Å². The number of sulfonamides is 1. The van der Waals surface area contributed by atoms with Gasteiger partial charge in [-0.15, -0.1) is 0 Å². The Hall–Kier alpha value is -2.38. The molecule has 2 aromatic rings. The minimum absolute atomic E-state index is 0.0142. The summed E-state index contributed by atoms with van der Waals surface area (Å²) in [5.74, 6) is -0.0142. The van der Waals surface area contributed by atoms with E-state index in [1.165, 1.54) is 17.7 Å². The molecule has 1 aliphatic rings. The number of rotatable bonds is 6. The lowest BCUT2D eigenvalue weighted by molar-refractivity contribution is -0.119. The smallest absolute Gasteiger partial charge is 0.239 e. The van der Waals surface area contributed by atoms with Crippen LogP contribution in [0.25, 0.3) is 0 Å². The number of carbonyl (C=O) groups excluding carboxylic acids is 1. The molecule has 144 valence electrons. The first-order valence-corrected chi connectivity index (χ1v) is 10.6. The molecule has 0 radical (unpaired) electrons. The minimum Gasteiger partial charge on any atom is -0.359 e. The number of carbonyl (C=O) groups is 1. The van der Waals surface area contributed by atoms with Gasteiger partial charge in [0, 0.05) is 18.3 Å². The van der Waals surface area contributed by atoms with Gasteiger partial charge in [-0.2, -0.15) is 0 Å². The van der Waals surface area contributed by atoms with Gasteiger partial charge in [-0.3, -0.25) is 4.79 Å². The van der Waals surface area contributed by atoms with E-state index in [0.29, 0.717) is 25.6 Å². The first-order chi connectivity index (χ1) is 12.8. The van der Waals surface area contributed by atoms with Crippen LogP contribution < -0.4 is 15.4 Å². The molecule has 3 N–H and O–H groups in total. The molecule has 0 aromatic heterocycles. The number of amides is 1. The predicted molar refractivity (Wildman–Crippen MR) is 106 cm³/mol. The highest BCUT2D eigenvalue weighted by molar-refractivity contribution is 7.89. The Morgan fingerprint density at radius 2 is 1.89 bits per heavy atom. The van der Waals surface area contributed by atoms with Crippen molar-refractivity contribution < 1.29 is 13.2 Å². The van der Waals surface area contributed by atoms with Crippen LogP contribution in [-0.2, 0) is 27.7 Å². The van der Waals surface area contributed by atoms with Gasteiger partial charge >= 0.3 is 0 Å². The van der Waals surface area contributed by atoms with Crippen LogP contribution in [0.5, 0.6) is 0 Å². The van der Waals surface area contributed by atoms with Gasteiger partial charge in [0.05, 0.1) is 11.4 Å². The zero-order chi connectivity index (χ0) is 19.4. The Bertz CT molecular complexity index is 910. The SMILES string of the molecule is CC1CCc2ccccc2N1CC(=O)NCCc1ccc(S(N)(=O)=O)cc1. The number of nitrogens with zero attached hydrogens (tertiary/aromatic N) is 1. The first-order valence-electron chi connectivity index (χ1n) is 9.07. The summed E-state index contributed by atoms with van der Waals surface area (Å²) in [6.45, 7) is 2.98. The van der Waals surface area contributed by atoms with E-state index in [2.05, 4.69) is 29.3 Å². The summed E-state index contributed by atoms with van der Waals surface area (Å²) in [6, 6.07) is 15.0. The van der Waals surface area contributed by atoms with Gasteiger partial charge in [-0.25, -0.2) is 13.6 Å². The van der Waals surface area contributed by atoms with Crippen molar-refractivity contribution in [3.05, 3.63) is 59.7 Å². The summed E-state index contributed by atoms with van der Waals surface area (Å²) < 4.78 is 22.5. The van der Waals surface area contributed by atoms with Gasteiger partial charge < -0.3 is 10.2 Å². The number of para-hydroxylation sites is 1. The largest absolute Gasteiger partial charge is 0.359 e. The van der Waals surface area contributed by atoms with Crippen LogP contribution in [-0.4, -0.2) is 33.5 Å². The van der Waals surface area contributed by atoms with Gasteiger partial charge in [0.25, 0.3) is 0 Å². The molecule has 7 heteroatoms. The summed E-state index contributed by atoms with van der Waals surface area (Å²) in [7, 11) is -3.67. The van der Waals surface area contributed by atoms with E-state index < -0.39 is 10.0 Å². The van der Waals surface area contributed by atoms with Crippen molar-refractivity contribution in [1.82, 2.24) is 5.32 Å². The van der Waals surface area contributed by atoms with E-state index in [4.69, 9.17) is 5.14 Å². The van der Waals surface area contributed by atoms with Crippen LogP contribution in [0.1, 0.15) is 24.5 Å². The number of nitrogens with two attached hydrogens (primary N) is 1. The number of benzene rings is 2. The van der Waals surface area contributed by atoms with Gasteiger partial charge in [-0.05, 0) is 55.5 Å². The predicted octanol–water partition coefficient (Wildman–Crippen LogP) is 1.83. The molecule has 1 aliphatic heterocycles. The van der Waals surface area contributed by atoms with Crippen LogP contribution in [0.4, 0.5) is 5.69 Å². The Balaban J connectivity index is 1.53. The van der Waals surface area contributed by atoms with Crippen molar-refractivity contribution in [1.29, 1.82) is 0 Å². The summed E-state index contributed by atoms with van der Waals surface area (Å²) in [6.07, 6.45) is 2.72. The fourth-order valence-corrected chi connectivity index (χ4v) is 3.92. The summed E-state index contributed by atoms with van der Waals surface area (Å²) in [4.78, 5) is 14.6. The molecule has 1 amide bonds. The third kappa shape index (κ3) is 4.87. The highest BCUT2D eigenvalue weighted by atomic mass is 32.2. The molecule has 0 fully saturated rings. The summed E-state index contributed by atoms with van der Waals surface area (Å²) in [5.41, 5.74) is 3.38. The Kier molecular flexibility index (Phi) is 5.82. The Morgan fingerprint density at radius 1 is 1.19 bits per heavy atom. The third-order valence-corrected chi connectivity index (χ3v) is 5.90. The standard InChI is InChI=1S/C20H25N3O3S/c1-15-6-9-17-4-2-3-5-19(17)23(15)14-20(24)22-13-12-16-7-10-18(11-8-16)27(21,25)26/h2-5,7-8,10-11,15H,6,9,12-14H2,1H3,(H,22,24)(H2,21,25,26). The maximum atomic E-state index is 12.4. The highest BCUT2D eigenvalue weighted by Gasteiger charge is 2.24. The Labute approximate surface area is 160 Å². The quantitative estimate of drug-likeness (QED) is 0.791. The lowest BCUT2D eigenvalue weighted by atomic mass is 9.96. The van der Waals surface area contributed by atoms with Crippen LogP contribution in [0, 0.1) is 0 Å². The molecular formula is C20H25N3O3S. The van der Waals surface area contributed by atoms with E-state index in [0.717, 1.165) is 24.1 Å². The minimum atomic E-state index is -3.67. The van der Waals surface area contributed by atoms with Gasteiger partial charge in [0.2, 0.25) is 15.9 Å². The number of anilines is 1. The zero-order valence-corrected chi connectivity index (χ0v) is 16.2. The molecule has 3 rings (SSSR count). The molecule has 0 saturated carbocycles. The molecule has 6 nitrogen and oxygen atoms in total. The van der Waals surface area contributed by atoms with Gasteiger partial charge in [0.15, 0.2) is 0 Å².